The molecule has 1 rings (SSSR count). The molecular weight excluding hydrogens is 192 g/mol. The second-order valence-electron chi connectivity index (χ2n) is 3.85. The summed E-state index contributed by atoms with van der Waals surface area (Å²) in [5.41, 5.74) is 2.72. The van der Waals surface area contributed by atoms with E-state index in [1.54, 1.807) is 6.92 Å². The van der Waals surface area contributed by atoms with Gasteiger partial charge in [-0.05, 0) is 25.8 Å². The highest BCUT2D eigenvalue weighted by molar-refractivity contribution is 6.27. The average Bonchev–Trinajstić information content (AvgIpc) is 2.23. The molecule has 84 valence electrons. The van der Waals surface area contributed by atoms with Gasteiger partial charge in [0.2, 0.25) is 0 Å². The minimum absolute atomic E-state index is 0.169. The molecule has 0 atom stereocenters. The lowest BCUT2D eigenvalue weighted by Gasteiger charge is -2.27. The molecular formula is C11H18N2O2. The summed E-state index contributed by atoms with van der Waals surface area (Å²) in [6.45, 7) is 6.30. The number of aliphatic imine (C=N–C) groups is 1. The van der Waals surface area contributed by atoms with Crippen LogP contribution >= 0.6 is 0 Å². The molecule has 0 unspecified atom stereocenters. The quantitative estimate of drug-likeness (QED) is 0.546. The monoisotopic (exact) mass is 210 g/mol. The Hall–Kier alpha value is -1.00. The Morgan fingerprint density at radius 1 is 1.67 bits per heavy atom. The molecule has 0 spiro atoms. The van der Waals surface area contributed by atoms with Crippen molar-refractivity contribution in [2.45, 2.75) is 20.3 Å². The van der Waals surface area contributed by atoms with Gasteiger partial charge in [-0.2, -0.15) is 0 Å². The zero-order valence-electron chi connectivity index (χ0n) is 9.36. The van der Waals surface area contributed by atoms with Crippen molar-refractivity contribution in [3.05, 3.63) is 11.3 Å². The largest absolute Gasteiger partial charge is 0.395 e. The van der Waals surface area contributed by atoms with E-state index in [9.17, 15) is 4.79 Å². The molecule has 0 amide bonds. The van der Waals surface area contributed by atoms with Gasteiger partial charge in [0.15, 0.2) is 6.29 Å². The van der Waals surface area contributed by atoms with Gasteiger partial charge in [-0.1, -0.05) is 0 Å². The summed E-state index contributed by atoms with van der Waals surface area (Å²) in [5.74, 6) is 0. The molecule has 1 N–H and O–H groups in total. The first-order valence-electron chi connectivity index (χ1n) is 5.19. The van der Waals surface area contributed by atoms with E-state index in [1.165, 1.54) is 5.57 Å². The van der Waals surface area contributed by atoms with Crippen LogP contribution in [0.2, 0.25) is 0 Å². The van der Waals surface area contributed by atoms with E-state index in [2.05, 4.69) is 9.89 Å². The summed E-state index contributed by atoms with van der Waals surface area (Å²) in [7, 11) is 0. The van der Waals surface area contributed by atoms with Crippen LogP contribution in [0.5, 0.6) is 0 Å². The van der Waals surface area contributed by atoms with Crippen LogP contribution < -0.4 is 0 Å². The zero-order chi connectivity index (χ0) is 11.3. The van der Waals surface area contributed by atoms with Crippen molar-refractivity contribution in [1.82, 2.24) is 4.90 Å². The number of nitrogens with zero attached hydrogens (tertiary/aromatic N) is 2. The van der Waals surface area contributed by atoms with Crippen LogP contribution in [0.4, 0.5) is 0 Å². The predicted molar refractivity (Wildman–Crippen MR) is 60.0 cm³/mol. The van der Waals surface area contributed by atoms with Gasteiger partial charge in [0.1, 0.15) is 0 Å². The van der Waals surface area contributed by atoms with Gasteiger partial charge in [0.05, 0.1) is 18.0 Å². The molecule has 1 aliphatic rings. The lowest BCUT2D eigenvalue weighted by Crippen LogP contribution is -2.33. The van der Waals surface area contributed by atoms with Crippen molar-refractivity contribution >= 4 is 12.0 Å². The van der Waals surface area contributed by atoms with Crippen LogP contribution in [-0.2, 0) is 4.79 Å². The third kappa shape index (κ3) is 3.57. The molecule has 0 radical (unpaired) electrons. The van der Waals surface area contributed by atoms with Gasteiger partial charge >= 0.3 is 0 Å². The van der Waals surface area contributed by atoms with E-state index in [0.29, 0.717) is 12.3 Å². The number of carbonyl (C=O) groups excluding carboxylic acids is 1. The first-order chi connectivity index (χ1) is 7.17. The summed E-state index contributed by atoms with van der Waals surface area (Å²) in [6.07, 6.45) is 1.73. The SMILES string of the molecule is CC(C=O)=NC1=C(C)CCN(CCO)C1. The smallest absolute Gasteiger partial charge is 0.163 e. The molecule has 0 aromatic rings. The second kappa shape index (κ2) is 5.78. The highest BCUT2D eigenvalue weighted by Crippen LogP contribution is 2.18. The van der Waals surface area contributed by atoms with Gasteiger partial charge < -0.3 is 5.11 Å². The average molecular weight is 210 g/mol. The predicted octanol–water partition coefficient (Wildman–Crippen LogP) is 0.618. The van der Waals surface area contributed by atoms with Gasteiger partial charge in [0, 0.05) is 19.6 Å². The standard InChI is InChI=1S/C11H18N2O2/c1-9-3-4-13(5-6-14)7-11(9)12-10(2)8-15/h8,14H,3-7H2,1-2H3. The molecule has 0 aliphatic carbocycles. The van der Waals surface area contributed by atoms with Crippen LogP contribution in [0, 0.1) is 0 Å². The number of β-amino-alcohol motifs (C(OH)–C–C–N with tert-alkyl or cyclic N) is 1. The van der Waals surface area contributed by atoms with E-state index < -0.39 is 0 Å². The lowest BCUT2D eigenvalue weighted by molar-refractivity contribution is -0.102. The maximum atomic E-state index is 10.5. The van der Waals surface area contributed by atoms with Gasteiger partial charge in [0.25, 0.3) is 0 Å². The summed E-state index contributed by atoms with van der Waals surface area (Å²) >= 11 is 0. The van der Waals surface area contributed by atoms with Crippen molar-refractivity contribution < 1.29 is 9.90 Å². The molecule has 0 saturated heterocycles. The van der Waals surface area contributed by atoms with Gasteiger partial charge in [-0.15, -0.1) is 0 Å². The van der Waals surface area contributed by atoms with Crippen LogP contribution in [0.25, 0.3) is 0 Å². The number of hydrogen-bond acceptors (Lipinski definition) is 4. The molecule has 0 fully saturated rings. The van der Waals surface area contributed by atoms with Gasteiger partial charge in [-0.3, -0.25) is 14.7 Å². The van der Waals surface area contributed by atoms with Crippen molar-refractivity contribution in [1.29, 1.82) is 0 Å². The fourth-order valence-corrected chi connectivity index (χ4v) is 1.60. The Bertz CT molecular complexity index is 295. The molecule has 1 heterocycles. The highest BCUT2D eigenvalue weighted by atomic mass is 16.3. The molecule has 15 heavy (non-hydrogen) atoms. The second-order valence-corrected chi connectivity index (χ2v) is 3.85. The minimum Gasteiger partial charge on any atom is -0.395 e. The van der Waals surface area contributed by atoms with Crippen LogP contribution in [0.15, 0.2) is 16.3 Å². The van der Waals surface area contributed by atoms with Crippen LogP contribution in [0.3, 0.4) is 0 Å². The van der Waals surface area contributed by atoms with Crippen LogP contribution in [-0.4, -0.2) is 48.2 Å². The summed E-state index contributed by atoms with van der Waals surface area (Å²) in [6, 6.07) is 0. The lowest BCUT2D eigenvalue weighted by atomic mass is 10.1. The molecule has 4 heteroatoms. The molecule has 0 aromatic carbocycles. The Labute approximate surface area is 90.3 Å². The Kier molecular flexibility index (Phi) is 4.65. The van der Waals surface area contributed by atoms with Crippen molar-refractivity contribution in [2.24, 2.45) is 4.99 Å². The topological polar surface area (TPSA) is 52.9 Å². The Balaban J connectivity index is 2.72. The van der Waals surface area contributed by atoms with E-state index in [-0.39, 0.29) is 6.61 Å². The fraction of sp³-hybridized carbons (Fsp3) is 0.636. The highest BCUT2D eigenvalue weighted by Gasteiger charge is 2.15. The minimum atomic E-state index is 0.169. The van der Waals surface area contributed by atoms with E-state index in [0.717, 1.165) is 31.5 Å². The molecule has 4 nitrogen and oxygen atoms in total. The Morgan fingerprint density at radius 2 is 2.40 bits per heavy atom. The number of aliphatic hydroxyl groups excluding tert-OH is 1. The third-order valence-corrected chi connectivity index (χ3v) is 2.57. The summed E-state index contributed by atoms with van der Waals surface area (Å²) < 4.78 is 0. The first-order valence-corrected chi connectivity index (χ1v) is 5.19. The number of aldehydes is 1. The fourth-order valence-electron chi connectivity index (χ4n) is 1.60. The number of carbonyl (C=O) groups is 1. The maximum Gasteiger partial charge on any atom is 0.163 e. The number of rotatable bonds is 4. The Morgan fingerprint density at radius 3 is 3.00 bits per heavy atom. The normalized spacial score (nSPS) is 19.5. The summed E-state index contributed by atoms with van der Waals surface area (Å²) in [5, 5.41) is 8.85. The van der Waals surface area contributed by atoms with Crippen molar-refractivity contribution in [3.63, 3.8) is 0 Å². The third-order valence-electron chi connectivity index (χ3n) is 2.57. The number of hydrogen-bond donors (Lipinski definition) is 1. The van der Waals surface area contributed by atoms with Crippen molar-refractivity contribution in [3.8, 4) is 0 Å². The molecule has 0 saturated carbocycles. The molecule has 0 aromatic heterocycles. The first kappa shape index (κ1) is 12.1. The van der Waals surface area contributed by atoms with E-state index in [1.807, 2.05) is 6.92 Å². The molecule has 0 bridgehead atoms. The van der Waals surface area contributed by atoms with Gasteiger partial charge in [-0.25, -0.2) is 0 Å². The van der Waals surface area contributed by atoms with E-state index >= 15 is 0 Å². The van der Waals surface area contributed by atoms with Crippen LogP contribution in [0.1, 0.15) is 20.3 Å². The summed E-state index contributed by atoms with van der Waals surface area (Å²) in [4.78, 5) is 16.9. The maximum absolute atomic E-state index is 10.5. The molecule has 1 aliphatic heterocycles. The van der Waals surface area contributed by atoms with E-state index in [4.69, 9.17) is 5.11 Å². The zero-order valence-corrected chi connectivity index (χ0v) is 9.36. The number of aliphatic hydroxyl groups is 1. The van der Waals surface area contributed by atoms with Crippen molar-refractivity contribution in [2.75, 3.05) is 26.2 Å².